The number of aromatic nitrogens is 3. The normalized spacial score (nSPS) is 10.1. The maximum atomic E-state index is 11.5. The molecule has 0 aliphatic rings. The second-order valence-electron chi connectivity index (χ2n) is 3.26. The van der Waals surface area contributed by atoms with Crippen LogP contribution in [0.3, 0.4) is 0 Å². The predicted molar refractivity (Wildman–Crippen MR) is 59.4 cm³/mol. The highest BCUT2D eigenvalue weighted by Gasteiger charge is 2.17. The van der Waals surface area contributed by atoms with Crippen molar-refractivity contribution in [2.24, 2.45) is 0 Å². The van der Waals surface area contributed by atoms with E-state index < -0.39 is 10.9 Å². The molecule has 2 aromatic rings. The first-order chi connectivity index (χ1) is 8.63. The number of esters is 1. The van der Waals surface area contributed by atoms with Crippen molar-refractivity contribution in [3.63, 3.8) is 0 Å². The quantitative estimate of drug-likeness (QED) is 0.455. The molecule has 2 aromatic heterocycles. The van der Waals surface area contributed by atoms with Crippen molar-refractivity contribution in [2.75, 3.05) is 7.11 Å². The minimum absolute atomic E-state index is 0.0398. The van der Waals surface area contributed by atoms with Crippen LogP contribution in [-0.2, 0) is 4.74 Å². The van der Waals surface area contributed by atoms with Gasteiger partial charge in [0.05, 0.1) is 17.7 Å². The zero-order valence-corrected chi connectivity index (χ0v) is 9.31. The van der Waals surface area contributed by atoms with E-state index in [1.807, 2.05) is 0 Å². The van der Waals surface area contributed by atoms with Gasteiger partial charge in [-0.05, 0) is 12.1 Å². The Hall–Kier alpha value is -2.77. The Morgan fingerprint density at radius 3 is 2.94 bits per heavy atom. The first kappa shape index (κ1) is 11.7. The number of pyridine rings is 1. The van der Waals surface area contributed by atoms with E-state index in [2.05, 4.69) is 14.8 Å². The molecule has 92 valence electrons. The Morgan fingerprint density at radius 1 is 1.56 bits per heavy atom. The molecule has 0 amide bonds. The lowest BCUT2D eigenvalue weighted by atomic mass is 10.3. The summed E-state index contributed by atoms with van der Waals surface area (Å²) in [5.41, 5.74) is 0.185. The SMILES string of the molecule is COC(=O)c1ncccc1-n1cc([N+](=O)[O-])cn1. The van der Waals surface area contributed by atoms with E-state index in [9.17, 15) is 14.9 Å². The molecule has 0 bridgehead atoms. The summed E-state index contributed by atoms with van der Waals surface area (Å²) in [6.45, 7) is 0. The van der Waals surface area contributed by atoms with Crippen molar-refractivity contribution in [3.05, 3.63) is 46.5 Å². The molecule has 0 atom stereocenters. The van der Waals surface area contributed by atoms with E-state index in [0.717, 1.165) is 6.20 Å². The van der Waals surface area contributed by atoms with Gasteiger partial charge in [0.1, 0.15) is 12.4 Å². The highest BCUT2D eigenvalue weighted by Crippen LogP contribution is 2.16. The molecule has 8 nitrogen and oxygen atoms in total. The molecule has 0 spiro atoms. The number of carbonyl (C=O) groups is 1. The van der Waals surface area contributed by atoms with Gasteiger partial charge in [-0.15, -0.1) is 0 Å². The molecule has 0 aliphatic heterocycles. The summed E-state index contributed by atoms with van der Waals surface area (Å²) in [7, 11) is 1.23. The zero-order chi connectivity index (χ0) is 13.1. The number of methoxy groups -OCH3 is 1. The topological polar surface area (TPSA) is 100 Å². The van der Waals surface area contributed by atoms with Crippen LogP contribution in [0.4, 0.5) is 5.69 Å². The lowest BCUT2D eigenvalue weighted by molar-refractivity contribution is -0.384. The largest absolute Gasteiger partial charge is 0.464 e. The van der Waals surface area contributed by atoms with Crippen LogP contribution in [-0.4, -0.2) is 32.8 Å². The van der Waals surface area contributed by atoms with Gasteiger partial charge < -0.3 is 4.74 Å². The first-order valence-electron chi connectivity index (χ1n) is 4.86. The third-order valence-electron chi connectivity index (χ3n) is 2.19. The minimum Gasteiger partial charge on any atom is -0.464 e. The third-order valence-corrected chi connectivity index (χ3v) is 2.19. The van der Waals surface area contributed by atoms with E-state index in [-0.39, 0.29) is 11.4 Å². The zero-order valence-electron chi connectivity index (χ0n) is 9.31. The van der Waals surface area contributed by atoms with Crippen LogP contribution in [0, 0.1) is 10.1 Å². The molecule has 2 rings (SSSR count). The summed E-state index contributed by atoms with van der Waals surface area (Å²) in [6.07, 6.45) is 3.71. The number of nitrogens with zero attached hydrogens (tertiary/aromatic N) is 4. The summed E-state index contributed by atoms with van der Waals surface area (Å²) in [6, 6.07) is 3.16. The second-order valence-corrected chi connectivity index (χ2v) is 3.26. The average molecular weight is 248 g/mol. The number of carbonyl (C=O) groups excluding carboxylic acids is 1. The van der Waals surface area contributed by atoms with E-state index in [1.54, 1.807) is 12.1 Å². The maximum Gasteiger partial charge on any atom is 0.358 e. The van der Waals surface area contributed by atoms with Crippen molar-refractivity contribution >= 4 is 11.7 Å². The van der Waals surface area contributed by atoms with Crippen LogP contribution in [0.15, 0.2) is 30.7 Å². The summed E-state index contributed by atoms with van der Waals surface area (Å²) in [5.74, 6) is -0.635. The number of nitro groups is 1. The van der Waals surface area contributed by atoms with Crippen LogP contribution >= 0.6 is 0 Å². The van der Waals surface area contributed by atoms with Crippen LogP contribution in [0.25, 0.3) is 5.69 Å². The number of ether oxygens (including phenoxy) is 1. The lowest BCUT2D eigenvalue weighted by Gasteiger charge is -2.05. The van der Waals surface area contributed by atoms with Crippen LogP contribution < -0.4 is 0 Å². The van der Waals surface area contributed by atoms with Crippen molar-refractivity contribution < 1.29 is 14.5 Å². The number of hydrogen-bond acceptors (Lipinski definition) is 6. The van der Waals surface area contributed by atoms with Gasteiger partial charge in [-0.1, -0.05) is 0 Å². The van der Waals surface area contributed by atoms with Gasteiger partial charge in [0.2, 0.25) is 0 Å². The maximum absolute atomic E-state index is 11.5. The highest BCUT2D eigenvalue weighted by atomic mass is 16.6. The summed E-state index contributed by atoms with van der Waals surface area (Å²) >= 11 is 0. The van der Waals surface area contributed by atoms with Crippen LogP contribution in [0.1, 0.15) is 10.5 Å². The third kappa shape index (κ3) is 2.03. The monoisotopic (exact) mass is 248 g/mol. The Balaban J connectivity index is 2.49. The number of rotatable bonds is 3. The number of hydrogen-bond donors (Lipinski definition) is 0. The molecule has 8 heteroatoms. The molecule has 2 heterocycles. The van der Waals surface area contributed by atoms with Gasteiger partial charge in [-0.3, -0.25) is 10.1 Å². The van der Waals surface area contributed by atoms with Gasteiger partial charge in [0.25, 0.3) is 0 Å². The fourth-order valence-electron chi connectivity index (χ4n) is 1.37. The standard InChI is InChI=1S/C10H8N4O4/c1-18-10(15)9-8(3-2-4-11-9)13-6-7(5-12-13)14(16)17/h2-6H,1H3. The Morgan fingerprint density at radius 2 is 2.33 bits per heavy atom. The van der Waals surface area contributed by atoms with Crippen molar-refractivity contribution in [1.29, 1.82) is 0 Å². The van der Waals surface area contributed by atoms with Gasteiger partial charge in [0, 0.05) is 6.20 Å². The molecule has 0 aliphatic carbocycles. The molecule has 18 heavy (non-hydrogen) atoms. The van der Waals surface area contributed by atoms with Crippen LogP contribution in [0.5, 0.6) is 0 Å². The molecular weight excluding hydrogens is 240 g/mol. The Kier molecular flexibility index (Phi) is 3.00. The van der Waals surface area contributed by atoms with Gasteiger partial charge in [-0.2, -0.15) is 5.10 Å². The smallest absolute Gasteiger partial charge is 0.358 e. The fourth-order valence-corrected chi connectivity index (χ4v) is 1.37. The van der Waals surface area contributed by atoms with E-state index >= 15 is 0 Å². The average Bonchev–Trinajstić information content (AvgIpc) is 2.87. The molecule has 0 saturated carbocycles. The molecule has 0 aromatic carbocycles. The lowest BCUT2D eigenvalue weighted by Crippen LogP contribution is -2.10. The summed E-state index contributed by atoms with van der Waals surface area (Å²) < 4.78 is 5.78. The Bertz CT molecular complexity index is 607. The molecule has 0 unspecified atom stereocenters. The van der Waals surface area contributed by atoms with E-state index in [4.69, 9.17) is 0 Å². The van der Waals surface area contributed by atoms with Crippen molar-refractivity contribution in [3.8, 4) is 5.69 Å². The molecular formula is C10H8N4O4. The van der Waals surface area contributed by atoms with Crippen molar-refractivity contribution in [1.82, 2.24) is 14.8 Å². The second kappa shape index (κ2) is 4.62. The van der Waals surface area contributed by atoms with Gasteiger partial charge in [0.15, 0.2) is 5.69 Å². The highest BCUT2D eigenvalue weighted by molar-refractivity contribution is 5.91. The van der Waals surface area contributed by atoms with Crippen molar-refractivity contribution in [2.45, 2.75) is 0 Å². The first-order valence-corrected chi connectivity index (χ1v) is 4.86. The fraction of sp³-hybridized carbons (Fsp3) is 0.100. The van der Waals surface area contributed by atoms with E-state index in [0.29, 0.717) is 5.69 Å². The summed E-state index contributed by atoms with van der Waals surface area (Å²) in [5, 5.41) is 14.4. The molecule has 0 fully saturated rings. The Labute approximate surface area is 101 Å². The van der Waals surface area contributed by atoms with Gasteiger partial charge >= 0.3 is 11.7 Å². The minimum atomic E-state index is -0.635. The molecule has 0 radical (unpaired) electrons. The van der Waals surface area contributed by atoms with Gasteiger partial charge in [-0.25, -0.2) is 14.5 Å². The van der Waals surface area contributed by atoms with E-state index in [1.165, 1.54) is 24.2 Å². The molecule has 0 N–H and O–H groups in total. The summed E-state index contributed by atoms with van der Waals surface area (Å²) in [4.78, 5) is 25.4. The predicted octanol–water partition coefficient (Wildman–Crippen LogP) is 0.962. The molecule has 0 saturated heterocycles. The van der Waals surface area contributed by atoms with Crippen LogP contribution in [0.2, 0.25) is 0 Å².